The number of aryl methyl sites for hydroxylation is 2. The molecule has 6 aromatic rings. The predicted molar refractivity (Wildman–Crippen MR) is 139 cm³/mol. The van der Waals surface area contributed by atoms with Gasteiger partial charge < -0.3 is 10.6 Å². The van der Waals surface area contributed by atoms with Gasteiger partial charge in [0, 0.05) is 50.8 Å². The molecular weight excluding hydrogens is 440 g/mol. The Morgan fingerprint density at radius 3 is 2.57 bits per heavy atom. The average molecular weight is 465 g/mol. The fourth-order valence-corrected chi connectivity index (χ4v) is 4.69. The van der Waals surface area contributed by atoms with Gasteiger partial charge in [-0.1, -0.05) is 6.07 Å². The van der Waals surface area contributed by atoms with E-state index < -0.39 is 0 Å². The summed E-state index contributed by atoms with van der Waals surface area (Å²) in [6, 6.07) is 16.0. The Bertz CT molecular complexity index is 1810. The maximum Gasteiger partial charge on any atom is 0.328 e. The molecule has 0 amide bonds. The second-order valence-corrected chi connectivity index (χ2v) is 8.78. The van der Waals surface area contributed by atoms with Gasteiger partial charge in [0.25, 0.3) is 0 Å². The molecule has 0 spiro atoms. The average Bonchev–Trinajstić information content (AvgIpc) is 3.37. The third-order valence-corrected chi connectivity index (χ3v) is 6.63. The van der Waals surface area contributed by atoms with Crippen molar-refractivity contribution in [1.29, 1.82) is 0 Å². The zero-order valence-corrected chi connectivity index (χ0v) is 19.7. The van der Waals surface area contributed by atoms with Crippen molar-refractivity contribution in [3.63, 3.8) is 0 Å². The number of nitrogen functional groups attached to an aromatic ring is 1. The van der Waals surface area contributed by atoms with Crippen molar-refractivity contribution >= 4 is 50.0 Å². The van der Waals surface area contributed by atoms with Crippen molar-refractivity contribution in [2.45, 2.75) is 6.54 Å². The van der Waals surface area contributed by atoms with E-state index in [1.165, 1.54) is 0 Å². The number of fused-ring (bicyclic) bond motifs is 3. The molecule has 0 atom stereocenters. The minimum atomic E-state index is -0.0339. The van der Waals surface area contributed by atoms with E-state index in [0.717, 1.165) is 49.8 Å². The molecule has 6 rings (SSSR count). The SMILES string of the molecule is CN(c1ccc2c(N)nccc2c1)c1nccc2nn(Cc3ccc4c(c3)n(C)c(=O)n4C)cc12. The first-order chi connectivity index (χ1) is 16.9. The number of benzene rings is 2. The number of aromatic nitrogens is 6. The monoisotopic (exact) mass is 464 g/mol. The Morgan fingerprint density at radius 2 is 1.71 bits per heavy atom. The highest BCUT2D eigenvalue weighted by molar-refractivity contribution is 5.95. The molecule has 0 aliphatic heterocycles. The lowest BCUT2D eigenvalue weighted by Gasteiger charge is -2.19. The normalized spacial score (nSPS) is 11.6. The highest BCUT2D eigenvalue weighted by Gasteiger charge is 2.14. The Hall–Kier alpha value is -4.66. The molecular formula is C26H24N8O. The summed E-state index contributed by atoms with van der Waals surface area (Å²) in [6.45, 7) is 0.582. The smallest absolute Gasteiger partial charge is 0.328 e. The Labute approximate surface area is 200 Å². The second kappa shape index (κ2) is 7.69. The molecule has 2 aromatic carbocycles. The molecule has 35 heavy (non-hydrogen) atoms. The van der Waals surface area contributed by atoms with Crippen LogP contribution >= 0.6 is 0 Å². The maximum atomic E-state index is 12.3. The van der Waals surface area contributed by atoms with E-state index in [0.29, 0.717) is 12.4 Å². The molecule has 0 bridgehead atoms. The van der Waals surface area contributed by atoms with Crippen LogP contribution in [0.1, 0.15) is 5.56 Å². The highest BCUT2D eigenvalue weighted by Crippen LogP contribution is 2.31. The van der Waals surface area contributed by atoms with E-state index in [1.54, 1.807) is 35.6 Å². The standard InChI is InChI=1S/C26H24N8O/c1-31(18-5-6-19-17(13-18)8-10-28-24(19)27)25-20-15-34(30-21(20)9-11-29-25)14-16-4-7-22-23(12-16)33(3)26(35)32(22)2/h4-13,15H,14H2,1-3H3,(H2,27,28). The van der Waals surface area contributed by atoms with E-state index in [-0.39, 0.29) is 5.69 Å². The molecule has 4 heterocycles. The quantitative estimate of drug-likeness (QED) is 0.428. The van der Waals surface area contributed by atoms with Gasteiger partial charge in [-0.05, 0) is 53.4 Å². The van der Waals surface area contributed by atoms with Crippen LogP contribution in [0.2, 0.25) is 0 Å². The number of pyridine rings is 2. The molecule has 0 unspecified atom stereocenters. The molecule has 174 valence electrons. The zero-order chi connectivity index (χ0) is 24.3. The van der Waals surface area contributed by atoms with Crippen LogP contribution in [0, 0.1) is 0 Å². The molecule has 0 saturated heterocycles. The summed E-state index contributed by atoms with van der Waals surface area (Å²) in [6.07, 6.45) is 5.51. The van der Waals surface area contributed by atoms with E-state index in [2.05, 4.69) is 20.9 Å². The Kier molecular flexibility index (Phi) is 4.60. The van der Waals surface area contributed by atoms with Crippen LogP contribution in [0.25, 0.3) is 32.7 Å². The van der Waals surface area contributed by atoms with Crippen molar-refractivity contribution in [3.8, 4) is 0 Å². The number of nitrogens with zero attached hydrogens (tertiary/aromatic N) is 7. The molecule has 9 nitrogen and oxygen atoms in total. The molecule has 9 heteroatoms. The van der Waals surface area contributed by atoms with Crippen LogP contribution < -0.4 is 16.3 Å². The van der Waals surface area contributed by atoms with E-state index in [9.17, 15) is 4.79 Å². The summed E-state index contributed by atoms with van der Waals surface area (Å²) >= 11 is 0. The van der Waals surface area contributed by atoms with Gasteiger partial charge in [0.05, 0.1) is 28.5 Å². The summed E-state index contributed by atoms with van der Waals surface area (Å²) in [7, 11) is 5.58. The first-order valence-corrected chi connectivity index (χ1v) is 11.3. The molecule has 2 N–H and O–H groups in total. The Balaban J connectivity index is 1.37. The van der Waals surface area contributed by atoms with Gasteiger partial charge in [-0.3, -0.25) is 13.8 Å². The topological polar surface area (TPSA) is 99.8 Å². The number of hydrogen-bond acceptors (Lipinski definition) is 6. The molecule has 0 aliphatic rings. The minimum absolute atomic E-state index is 0.0339. The van der Waals surface area contributed by atoms with Gasteiger partial charge >= 0.3 is 5.69 Å². The van der Waals surface area contributed by atoms with Crippen molar-refractivity contribution in [2.24, 2.45) is 14.1 Å². The number of imidazole rings is 1. The summed E-state index contributed by atoms with van der Waals surface area (Å²) < 4.78 is 5.24. The maximum absolute atomic E-state index is 12.3. The van der Waals surface area contributed by atoms with Gasteiger partial charge in [0.2, 0.25) is 0 Å². The number of rotatable bonds is 4. The van der Waals surface area contributed by atoms with Gasteiger partial charge in [-0.25, -0.2) is 14.8 Å². The largest absolute Gasteiger partial charge is 0.383 e. The first kappa shape index (κ1) is 20.9. The van der Waals surface area contributed by atoms with Crippen LogP contribution in [0.4, 0.5) is 17.3 Å². The second-order valence-electron chi connectivity index (χ2n) is 8.78. The first-order valence-electron chi connectivity index (χ1n) is 11.3. The molecule has 0 aliphatic carbocycles. The van der Waals surface area contributed by atoms with E-state index >= 15 is 0 Å². The highest BCUT2D eigenvalue weighted by atomic mass is 16.1. The van der Waals surface area contributed by atoms with Crippen LogP contribution in [0.15, 0.2) is 71.9 Å². The Morgan fingerprint density at radius 1 is 0.914 bits per heavy atom. The lowest BCUT2D eigenvalue weighted by molar-refractivity contribution is 0.696. The number of hydrogen-bond donors (Lipinski definition) is 1. The lowest BCUT2D eigenvalue weighted by atomic mass is 10.1. The fourth-order valence-electron chi connectivity index (χ4n) is 4.69. The molecule has 0 radical (unpaired) electrons. The number of anilines is 3. The van der Waals surface area contributed by atoms with Crippen molar-refractivity contribution in [3.05, 3.63) is 83.2 Å². The summed E-state index contributed by atoms with van der Waals surface area (Å²) in [5.41, 5.74) is 10.7. The van der Waals surface area contributed by atoms with Gasteiger partial charge in [-0.15, -0.1) is 0 Å². The molecule has 4 aromatic heterocycles. The number of nitrogens with two attached hydrogens (primary N) is 1. The van der Waals surface area contributed by atoms with Gasteiger partial charge in [-0.2, -0.15) is 5.10 Å². The van der Waals surface area contributed by atoms with Gasteiger partial charge in [0.15, 0.2) is 0 Å². The van der Waals surface area contributed by atoms with Crippen LogP contribution in [-0.4, -0.2) is 35.9 Å². The van der Waals surface area contributed by atoms with Crippen LogP contribution in [0.5, 0.6) is 0 Å². The van der Waals surface area contributed by atoms with Gasteiger partial charge in [0.1, 0.15) is 11.6 Å². The summed E-state index contributed by atoms with van der Waals surface area (Å²) in [5, 5.41) is 7.69. The molecule has 0 saturated carbocycles. The van der Waals surface area contributed by atoms with Crippen LogP contribution in [-0.2, 0) is 20.6 Å². The zero-order valence-electron chi connectivity index (χ0n) is 19.7. The summed E-state index contributed by atoms with van der Waals surface area (Å²) in [5.74, 6) is 1.34. The van der Waals surface area contributed by atoms with Crippen molar-refractivity contribution in [2.75, 3.05) is 17.7 Å². The third kappa shape index (κ3) is 3.31. The van der Waals surface area contributed by atoms with Crippen molar-refractivity contribution in [1.82, 2.24) is 28.9 Å². The lowest BCUT2D eigenvalue weighted by Crippen LogP contribution is -2.19. The molecule has 0 fully saturated rings. The summed E-state index contributed by atoms with van der Waals surface area (Å²) in [4.78, 5) is 23.2. The third-order valence-electron chi connectivity index (χ3n) is 6.63. The minimum Gasteiger partial charge on any atom is -0.383 e. The predicted octanol–water partition coefficient (Wildman–Crippen LogP) is 3.57. The van der Waals surface area contributed by atoms with E-state index in [1.807, 2.05) is 60.4 Å². The fraction of sp³-hybridized carbons (Fsp3) is 0.154. The van der Waals surface area contributed by atoms with Crippen molar-refractivity contribution < 1.29 is 0 Å². The van der Waals surface area contributed by atoms with Crippen LogP contribution in [0.3, 0.4) is 0 Å². The van der Waals surface area contributed by atoms with E-state index in [4.69, 9.17) is 10.8 Å².